The number of rotatable bonds is 3. The lowest BCUT2D eigenvalue weighted by Crippen LogP contribution is -2.26. The van der Waals surface area contributed by atoms with Crippen molar-refractivity contribution in [3.63, 3.8) is 0 Å². The Morgan fingerprint density at radius 2 is 1.94 bits per heavy atom. The van der Waals surface area contributed by atoms with Crippen LogP contribution in [0.15, 0.2) is 18.2 Å². The van der Waals surface area contributed by atoms with Gasteiger partial charge in [0.1, 0.15) is 0 Å². The molecule has 1 fully saturated rings. The first-order valence-electron chi connectivity index (χ1n) is 6.72. The normalized spacial score (nSPS) is 24.6. The Balaban J connectivity index is 1.95. The highest BCUT2D eigenvalue weighted by Gasteiger charge is 2.20. The Hall–Kier alpha value is -0.690. The molecule has 0 spiro atoms. The molecule has 0 amide bonds. The summed E-state index contributed by atoms with van der Waals surface area (Å²) in [6, 6.07) is 6.74. The van der Waals surface area contributed by atoms with E-state index in [1.807, 2.05) is 12.1 Å². The molecule has 0 aliphatic heterocycles. The summed E-state index contributed by atoms with van der Waals surface area (Å²) in [7, 11) is 0. The fourth-order valence-corrected chi connectivity index (χ4v) is 2.87. The molecule has 0 saturated heterocycles. The fourth-order valence-electron chi connectivity index (χ4n) is 2.70. The standard InChI is InChI=1S/C15H22ClN/c1-3-12-7-9-13(10-8-12)17-15-6-4-5-14(16)11(15)2/h4-6,12-13,17H,3,7-10H2,1-2H3. The van der Waals surface area contributed by atoms with Crippen molar-refractivity contribution in [1.29, 1.82) is 0 Å². The van der Waals surface area contributed by atoms with Crippen molar-refractivity contribution in [3.05, 3.63) is 28.8 Å². The number of nitrogens with one attached hydrogen (secondary N) is 1. The highest BCUT2D eigenvalue weighted by atomic mass is 35.5. The third-order valence-electron chi connectivity index (χ3n) is 4.05. The second-order valence-corrected chi connectivity index (χ2v) is 5.59. The minimum absolute atomic E-state index is 0.634. The average molecular weight is 252 g/mol. The third-order valence-corrected chi connectivity index (χ3v) is 4.46. The molecule has 0 unspecified atom stereocenters. The van der Waals surface area contributed by atoms with Gasteiger partial charge in [-0.3, -0.25) is 0 Å². The van der Waals surface area contributed by atoms with Crippen LogP contribution in [0.25, 0.3) is 0 Å². The molecular weight excluding hydrogens is 230 g/mol. The Bertz CT molecular complexity index is 367. The lowest BCUT2D eigenvalue weighted by Gasteiger charge is -2.29. The summed E-state index contributed by atoms with van der Waals surface area (Å²) in [5.41, 5.74) is 2.38. The van der Waals surface area contributed by atoms with E-state index < -0.39 is 0 Å². The van der Waals surface area contributed by atoms with Crippen molar-refractivity contribution >= 4 is 17.3 Å². The molecule has 0 aromatic heterocycles. The molecule has 17 heavy (non-hydrogen) atoms. The van der Waals surface area contributed by atoms with E-state index in [4.69, 9.17) is 11.6 Å². The van der Waals surface area contributed by atoms with Crippen LogP contribution in [0.1, 0.15) is 44.6 Å². The van der Waals surface area contributed by atoms with Crippen LogP contribution in [-0.2, 0) is 0 Å². The second kappa shape index (κ2) is 5.77. The number of hydrogen-bond donors (Lipinski definition) is 1. The van der Waals surface area contributed by atoms with Crippen LogP contribution in [0.3, 0.4) is 0 Å². The molecular formula is C15H22ClN. The van der Waals surface area contributed by atoms with Crippen molar-refractivity contribution in [2.45, 2.75) is 52.0 Å². The molecule has 0 heterocycles. The maximum Gasteiger partial charge on any atom is 0.0455 e. The van der Waals surface area contributed by atoms with Gasteiger partial charge in [0.25, 0.3) is 0 Å². The van der Waals surface area contributed by atoms with Crippen LogP contribution in [0.4, 0.5) is 5.69 Å². The van der Waals surface area contributed by atoms with Crippen molar-refractivity contribution in [1.82, 2.24) is 0 Å². The summed E-state index contributed by atoms with van der Waals surface area (Å²) in [5.74, 6) is 0.952. The van der Waals surface area contributed by atoms with Gasteiger partial charge in [-0.05, 0) is 56.2 Å². The van der Waals surface area contributed by atoms with Gasteiger partial charge in [-0.1, -0.05) is 31.0 Å². The molecule has 1 aromatic rings. The predicted molar refractivity (Wildman–Crippen MR) is 75.8 cm³/mol. The SMILES string of the molecule is CCC1CCC(Nc2cccc(Cl)c2C)CC1. The minimum atomic E-state index is 0.634. The van der Waals surface area contributed by atoms with Crippen LogP contribution in [-0.4, -0.2) is 6.04 Å². The van der Waals surface area contributed by atoms with Gasteiger partial charge in [-0.15, -0.1) is 0 Å². The van der Waals surface area contributed by atoms with E-state index in [0.29, 0.717) is 6.04 Å². The van der Waals surface area contributed by atoms with Crippen LogP contribution in [0.5, 0.6) is 0 Å². The first-order valence-corrected chi connectivity index (χ1v) is 7.10. The first kappa shape index (κ1) is 12.8. The van der Waals surface area contributed by atoms with E-state index in [-0.39, 0.29) is 0 Å². The van der Waals surface area contributed by atoms with Crippen LogP contribution in [0, 0.1) is 12.8 Å². The maximum atomic E-state index is 6.14. The van der Waals surface area contributed by atoms with Gasteiger partial charge in [0.15, 0.2) is 0 Å². The molecule has 1 saturated carbocycles. The molecule has 1 aliphatic carbocycles. The van der Waals surface area contributed by atoms with E-state index in [1.54, 1.807) is 0 Å². The molecule has 0 atom stereocenters. The Morgan fingerprint density at radius 3 is 2.59 bits per heavy atom. The first-order chi connectivity index (χ1) is 8.20. The molecule has 1 aliphatic rings. The summed E-state index contributed by atoms with van der Waals surface area (Å²) in [6.45, 7) is 4.39. The van der Waals surface area contributed by atoms with Gasteiger partial charge in [-0.2, -0.15) is 0 Å². The zero-order valence-electron chi connectivity index (χ0n) is 10.8. The largest absolute Gasteiger partial charge is 0.382 e. The summed E-state index contributed by atoms with van der Waals surface area (Å²) in [6.07, 6.45) is 6.67. The molecule has 1 nitrogen and oxygen atoms in total. The Morgan fingerprint density at radius 1 is 1.24 bits per heavy atom. The predicted octanol–water partition coefficient (Wildman–Crippen LogP) is 5.03. The average Bonchev–Trinajstić information content (AvgIpc) is 2.36. The van der Waals surface area contributed by atoms with E-state index in [2.05, 4.69) is 25.2 Å². The fraction of sp³-hybridized carbons (Fsp3) is 0.600. The number of anilines is 1. The number of hydrogen-bond acceptors (Lipinski definition) is 1. The molecule has 2 rings (SSSR count). The Labute approximate surface area is 110 Å². The molecule has 0 bridgehead atoms. The maximum absolute atomic E-state index is 6.14. The highest BCUT2D eigenvalue weighted by Crippen LogP contribution is 2.30. The van der Waals surface area contributed by atoms with E-state index in [9.17, 15) is 0 Å². The molecule has 2 heteroatoms. The zero-order chi connectivity index (χ0) is 12.3. The van der Waals surface area contributed by atoms with Crippen molar-refractivity contribution in [2.24, 2.45) is 5.92 Å². The van der Waals surface area contributed by atoms with E-state index in [1.165, 1.54) is 43.4 Å². The van der Waals surface area contributed by atoms with Crippen LogP contribution >= 0.6 is 11.6 Å². The topological polar surface area (TPSA) is 12.0 Å². The number of halogens is 1. The van der Waals surface area contributed by atoms with Gasteiger partial charge in [0.2, 0.25) is 0 Å². The summed E-state index contributed by atoms with van der Waals surface area (Å²) < 4.78 is 0. The quantitative estimate of drug-likeness (QED) is 0.795. The molecule has 0 radical (unpaired) electrons. The van der Waals surface area contributed by atoms with Gasteiger partial charge in [0.05, 0.1) is 0 Å². The van der Waals surface area contributed by atoms with Gasteiger partial charge in [0, 0.05) is 16.8 Å². The van der Waals surface area contributed by atoms with E-state index >= 15 is 0 Å². The van der Waals surface area contributed by atoms with Crippen molar-refractivity contribution in [3.8, 4) is 0 Å². The van der Waals surface area contributed by atoms with E-state index in [0.717, 1.165) is 10.9 Å². The summed E-state index contributed by atoms with van der Waals surface area (Å²) in [4.78, 5) is 0. The minimum Gasteiger partial charge on any atom is -0.382 e. The van der Waals surface area contributed by atoms with Gasteiger partial charge in [-0.25, -0.2) is 0 Å². The third kappa shape index (κ3) is 3.16. The smallest absolute Gasteiger partial charge is 0.0455 e. The lowest BCUT2D eigenvalue weighted by atomic mass is 9.84. The van der Waals surface area contributed by atoms with Crippen molar-refractivity contribution < 1.29 is 0 Å². The lowest BCUT2D eigenvalue weighted by molar-refractivity contribution is 0.330. The van der Waals surface area contributed by atoms with Crippen molar-refractivity contribution in [2.75, 3.05) is 5.32 Å². The zero-order valence-corrected chi connectivity index (χ0v) is 11.6. The number of benzene rings is 1. The van der Waals surface area contributed by atoms with Gasteiger partial charge < -0.3 is 5.32 Å². The highest BCUT2D eigenvalue weighted by molar-refractivity contribution is 6.31. The molecule has 1 N–H and O–H groups in total. The molecule has 1 aromatic carbocycles. The monoisotopic (exact) mass is 251 g/mol. The summed E-state index contributed by atoms with van der Waals surface area (Å²) >= 11 is 6.14. The summed E-state index contributed by atoms with van der Waals surface area (Å²) in [5, 5.41) is 4.51. The van der Waals surface area contributed by atoms with Crippen LogP contribution < -0.4 is 5.32 Å². The second-order valence-electron chi connectivity index (χ2n) is 5.18. The van der Waals surface area contributed by atoms with Crippen LogP contribution in [0.2, 0.25) is 5.02 Å². The Kier molecular flexibility index (Phi) is 4.33. The van der Waals surface area contributed by atoms with Gasteiger partial charge >= 0.3 is 0 Å². The molecule has 94 valence electrons.